The molecule has 1 aliphatic heterocycles. The number of aromatic hydroxyl groups is 1. The van der Waals surface area contributed by atoms with Gasteiger partial charge in [0.1, 0.15) is 17.5 Å². The summed E-state index contributed by atoms with van der Waals surface area (Å²) in [6, 6.07) is 10.3. The molecule has 0 bridgehead atoms. The van der Waals surface area contributed by atoms with Crippen LogP contribution in [0, 0.1) is 0 Å². The Bertz CT molecular complexity index is 1340. The molecule has 0 fully saturated rings. The number of aromatic amines is 1. The van der Waals surface area contributed by atoms with Crippen molar-refractivity contribution in [3.8, 4) is 5.75 Å². The highest BCUT2D eigenvalue weighted by Gasteiger charge is 2.37. The molecule has 5 nitrogen and oxygen atoms in total. The Balaban J connectivity index is 1.72. The second-order valence-electron chi connectivity index (χ2n) is 7.50. The van der Waals surface area contributed by atoms with Crippen LogP contribution in [0.2, 0.25) is 10.0 Å². The minimum Gasteiger partial charge on any atom is -0.508 e. The van der Waals surface area contributed by atoms with E-state index in [0.717, 1.165) is 34.4 Å². The number of H-pyrrole nitrogens is 1. The quantitative estimate of drug-likeness (QED) is 0.363. The first-order valence-corrected chi connectivity index (χ1v) is 10.4. The SMILES string of the molecule is Oc1cc(Cl)ccc1C1c2[nH]c3ccc(Cl)cc3c2CCN1c1nccc(C(F)(F)F)n1. The van der Waals surface area contributed by atoms with Gasteiger partial charge in [0.15, 0.2) is 0 Å². The van der Waals surface area contributed by atoms with Crippen LogP contribution in [0.1, 0.15) is 28.6 Å². The van der Waals surface area contributed by atoms with E-state index in [4.69, 9.17) is 23.2 Å². The fraction of sp³-hybridized carbons (Fsp3) is 0.182. The van der Waals surface area contributed by atoms with Gasteiger partial charge < -0.3 is 15.0 Å². The summed E-state index contributed by atoms with van der Waals surface area (Å²) in [6.45, 7) is 0.334. The average Bonchev–Trinajstić information content (AvgIpc) is 3.11. The molecular formula is C22H15Cl2F3N4O. The Morgan fingerprint density at radius 3 is 2.56 bits per heavy atom. The van der Waals surface area contributed by atoms with Gasteiger partial charge in [-0.25, -0.2) is 9.97 Å². The van der Waals surface area contributed by atoms with Gasteiger partial charge in [0.25, 0.3) is 0 Å². The van der Waals surface area contributed by atoms with E-state index >= 15 is 0 Å². The largest absolute Gasteiger partial charge is 0.508 e. The van der Waals surface area contributed by atoms with E-state index in [-0.39, 0.29) is 11.7 Å². The molecule has 32 heavy (non-hydrogen) atoms. The smallest absolute Gasteiger partial charge is 0.433 e. The number of hydrogen-bond donors (Lipinski definition) is 2. The van der Waals surface area contributed by atoms with E-state index in [1.807, 2.05) is 12.1 Å². The third-order valence-electron chi connectivity index (χ3n) is 5.57. The first kappa shape index (κ1) is 20.9. The second-order valence-corrected chi connectivity index (χ2v) is 8.37. The fourth-order valence-corrected chi connectivity index (χ4v) is 4.53. The van der Waals surface area contributed by atoms with E-state index in [0.29, 0.717) is 28.6 Å². The van der Waals surface area contributed by atoms with Gasteiger partial charge in [-0.2, -0.15) is 13.2 Å². The summed E-state index contributed by atoms with van der Waals surface area (Å²) < 4.78 is 39.9. The number of halogens is 5. The number of benzene rings is 2. The van der Waals surface area contributed by atoms with Crippen molar-refractivity contribution >= 4 is 40.1 Å². The van der Waals surface area contributed by atoms with Crippen molar-refractivity contribution in [1.29, 1.82) is 0 Å². The number of phenols is 1. The maximum absolute atomic E-state index is 13.3. The number of alkyl halides is 3. The molecule has 1 aliphatic rings. The lowest BCUT2D eigenvalue weighted by molar-refractivity contribution is -0.141. The number of aromatic nitrogens is 3. The number of nitrogens with one attached hydrogen (secondary N) is 1. The van der Waals surface area contributed by atoms with Crippen molar-refractivity contribution in [2.24, 2.45) is 0 Å². The van der Waals surface area contributed by atoms with Crippen molar-refractivity contribution in [2.75, 3.05) is 11.4 Å². The standard InChI is InChI=1S/C22H15Cl2F3N4O/c23-11-2-4-16-15(9-11)13-6-8-31(21-28-7-5-18(30-21)22(25,26)27)20(19(13)29-16)14-3-1-12(24)10-17(14)32/h1-5,7,9-10,20,29,32H,6,8H2. The Morgan fingerprint density at radius 2 is 1.81 bits per heavy atom. The molecule has 0 amide bonds. The van der Waals surface area contributed by atoms with Crippen molar-refractivity contribution in [3.63, 3.8) is 0 Å². The van der Waals surface area contributed by atoms with Crippen molar-refractivity contribution in [2.45, 2.75) is 18.6 Å². The predicted molar refractivity (Wildman–Crippen MR) is 116 cm³/mol. The molecule has 1 atom stereocenters. The van der Waals surface area contributed by atoms with Crippen molar-refractivity contribution < 1.29 is 18.3 Å². The van der Waals surface area contributed by atoms with Crippen LogP contribution in [0.4, 0.5) is 19.1 Å². The van der Waals surface area contributed by atoms with E-state index in [1.165, 1.54) is 6.07 Å². The lowest BCUT2D eigenvalue weighted by Gasteiger charge is -2.36. The van der Waals surface area contributed by atoms with Crippen LogP contribution in [0.25, 0.3) is 10.9 Å². The number of anilines is 1. The summed E-state index contributed by atoms with van der Waals surface area (Å²) in [5.41, 5.74) is 1.98. The molecule has 164 valence electrons. The Kier molecular flexibility index (Phi) is 4.94. The zero-order valence-corrected chi connectivity index (χ0v) is 17.8. The van der Waals surface area contributed by atoms with Crippen LogP contribution in [-0.2, 0) is 12.6 Å². The molecule has 0 saturated carbocycles. The molecule has 1 unspecified atom stereocenters. The van der Waals surface area contributed by atoms with Crippen LogP contribution in [0.3, 0.4) is 0 Å². The minimum atomic E-state index is -4.60. The minimum absolute atomic E-state index is 0.0796. The number of hydrogen-bond acceptors (Lipinski definition) is 4. The monoisotopic (exact) mass is 478 g/mol. The van der Waals surface area contributed by atoms with Gasteiger partial charge in [-0.3, -0.25) is 0 Å². The molecule has 0 spiro atoms. The molecular weight excluding hydrogens is 464 g/mol. The van der Waals surface area contributed by atoms with Crippen molar-refractivity contribution in [3.05, 3.63) is 81.2 Å². The molecule has 2 aromatic heterocycles. The Labute approximate surface area is 190 Å². The summed E-state index contributed by atoms with van der Waals surface area (Å²) in [5, 5.41) is 12.5. The molecule has 0 saturated heterocycles. The average molecular weight is 479 g/mol. The highest BCUT2D eigenvalue weighted by Crippen LogP contribution is 2.43. The molecule has 5 rings (SSSR count). The number of fused-ring (bicyclic) bond motifs is 3. The van der Waals surface area contributed by atoms with Crippen LogP contribution in [0.15, 0.2) is 48.7 Å². The van der Waals surface area contributed by atoms with E-state index in [1.54, 1.807) is 23.1 Å². The molecule has 4 aromatic rings. The van der Waals surface area contributed by atoms with Gasteiger partial charge in [-0.15, -0.1) is 0 Å². The van der Waals surface area contributed by atoms with Crippen molar-refractivity contribution in [1.82, 2.24) is 15.0 Å². The van der Waals surface area contributed by atoms with Gasteiger partial charge in [-0.1, -0.05) is 29.3 Å². The zero-order chi connectivity index (χ0) is 22.6. The van der Waals surface area contributed by atoms with Gasteiger partial charge in [-0.05, 0) is 48.4 Å². The van der Waals surface area contributed by atoms with Gasteiger partial charge in [0.2, 0.25) is 5.95 Å². The first-order chi connectivity index (χ1) is 15.2. The molecule has 0 radical (unpaired) electrons. The summed E-state index contributed by atoms with van der Waals surface area (Å²) in [5.74, 6) is -0.162. The third kappa shape index (κ3) is 3.53. The molecule has 2 aromatic carbocycles. The third-order valence-corrected chi connectivity index (χ3v) is 6.04. The summed E-state index contributed by atoms with van der Waals surface area (Å²) in [6.07, 6.45) is -2.99. The van der Waals surface area contributed by atoms with E-state index in [9.17, 15) is 18.3 Å². The van der Waals surface area contributed by atoms with Crippen LogP contribution >= 0.6 is 23.2 Å². The van der Waals surface area contributed by atoms with Crippen LogP contribution in [0.5, 0.6) is 5.75 Å². The lowest BCUT2D eigenvalue weighted by atomic mass is 9.92. The normalized spacial score (nSPS) is 16.4. The summed E-state index contributed by atoms with van der Waals surface area (Å²) >= 11 is 12.2. The molecule has 10 heteroatoms. The highest BCUT2D eigenvalue weighted by molar-refractivity contribution is 6.31. The first-order valence-electron chi connectivity index (χ1n) is 9.67. The van der Waals surface area contributed by atoms with E-state index in [2.05, 4.69) is 15.0 Å². The molecule has 0 aliphatic carbocycles. The molecule has 3 heterocycles. The predicted octanol–water partition coefficient (Wildman–Crippen LogP) is 6.14. The number of rotatable bonds is 2. The topological polar surface area (TPSA) is 65.0 Å². The summed E-state index contributed by atoms with van der Waals surface area (Å²) in [7, 11) is 0. The maximum atomic E-state index is 13.3. The Morgan fingerprint density at radius 1 is 1.06 bits per heavy atom. The molecule has 2 N–H and O–H groups in total. The van der Waals surface area contributed by atoms with Crippen LogP contribution < -0.4 is 4.90 Å². The van der Waals surface area contributed by atoms with Crippen LogP contribution in [-0.4, -0.2) is 26.6 Å². The summed E-state index contributed by atoms with van der Waals surface area (Å²) in [4.78, 5) is 12.9. The second kappa shape index (κ2) is 7.56. The van der Waals surface area contributed by atoms with Gasteiger partial charge in [0.05, 0.1) is 0 Å². The van der Waals surface area contributed by atoms with E-state index < -0.39 is 17.9 Å². The highest BCUT2D eigenvalue weighted by atomic mass is 35.5. The zero-order valence-electron chi connectivity index (χ0n) is 16.3. The number of phenolic OH excluding ortho intramolecular Hbond substituents is 1. The van der Waals surface area contributed by atoms with Gasteiger partial charge >= 0.3 is 6.18 Å². The van der Waals surface area contributed by atoms with Gasteiger partial charge in [0, 0.05) is 44.9 Å². The maximum Gasteiger partial charge on any atom is 0.433 e. The fourth-order valence-electron chi connectivity index (χ4n) is 4.19. The lowest BCUT2D eigenvalue weighted by Crippen LogP contribution is -2.37. The number of nitrogens with zero attached hydrogens (tertiary/aromatic N) is 3. The Hall–Kier alpha value is -2.97.